The van der Waals surface area contributed by atoms with Gasteiger partial charge in [0.05, 0.1) is 30.5 Å². The van der Waals surface area contributed by atoms with Crippen LogP contribution in [0.3, 0.4) is 0 Å². The van der Waals surface area contributed by atoms with E-state index in [1.807, 2.05) is 37.1 Å². The quantitative estimate of drug-likeness (QED) is 0.781. The van der Waals surface area contributed by atoms with E-state index in [0.29, 0.717) is 0 Å². The first kappa shape index (κ1) is 12.5. The molecule has 106 valence electrons. The van der Waals surface area contributed by atoms with Crippen molar-refractivity contribution in [2.75, 3.05) is 19.7 Å². The van der Waals surface area contributed by atoms with E-state index in [1.54, 1.807) is 0 Å². The number of fused-ring (bicyclic) bond motifs is 1. The molecule has 4 rings (SSSR count). The van der Waals surface area contributed by atoms with Gasteiger partial charge in [-0.25, -0.2) is 4.98 Å². The number of hydrogen-bond donors (Lipinski definition) is 1. The molecule has 0 radical (unpaired) electrons. The Bertz CT molecular complexity index is 756. The fraction of sp³-hybridized carbons (Fsp3) is 0.250. The lowest BCUT2D eigenvalue weighted by Crippen LogP contribution is -2.34. The number of morpholine rings is 1. The number of ether oxygens (including phenoxy) is 1. The summed E-state index contributed by atoms with van der Waals surface area (Å²) >= 11 is 0. The third-order valence-corrected chi connectivity index (χ3v) is 3.84. The zero-order valence-electron chi connectivity index (χ0n) is 11.6. The van der Waals surface area contributed by atoms with Crippen LogP contribution in [0, 0.1) is 0 Å². The van der Waals surface area contributed by atoms with Crippen molar-refractivity contribution in [2.24, 2.45) is 0 Å². The van der Waals surface area contributed by atoms with Crippen molar-refractivity contribution in [1.29, 1.82) is 0 Å². The van der Waals surface area contributed by atoms with Gasteiger partial charge in [-0.1, -0.05) is 12.1 Å². The van der Waals surface area contributed by atoms with Crippen molar-refractivity contribution in [3.63, 3.8) is 0 Å². The molecule has 1 unspecified atom stereocenters. The highest BCUT2D eigenvalue weighted by atomic mass is 16.5. The van der Waals surface area contributed by atoms with E-state index < -0.39 is 0 Å². The second-order valence-electron chi connectivity index (χ2n) is 5.13. The molecule has 1 aliphatic rings. The van der Waals surface area contributed by atoms with Crippen LogP contribution in [-0.4, -0.2) is 34.2 Å². The molecule has 3 aromatic rings. The molecule has 21 heavy (non-hydrogen) atoms. The van der Waals surface area contributed by atoms with Gasteiger partial charge in [-0.3, -0.25) is 9.55 Å². The second kappa shape index (κ2) is 5.27. The van der Waals surface area contributed by atoms with Gasteiger partial charge in [0.1, 0.15) is 6.10 Å². The number of hydrogen-bond acceptors (Lipinski definition) is 4. The SMILES string of the molecule is c1cc(-n2cncc2C2CNCCO2)c2ccncc2c1. The van der Waals surface area contributed by atoms with Gasteiger partial charge >= 0.3 is 0 Å². The molecule has 1 fully saturated rings. The highest BCUT2D eigenvalue weighted by Gasteiger charge is 2.20. The molecule has 0 amide bonds. The van der Waals surface area contributed by atoms with Crippen LogP contribution in [0.15, 0.2) is 49.2 Å². The number of aromatic nitrogens is 3. The zero-order chi connectivity index (χ0) is 14.1. The highest BCUT2D eigenvalue weighted by molar-refractivity contribution is 5.89. The van der Waals surface area contributed by atoms with Gasteiger partial charge in [0.15, 0.2) is 0 Å². The standard InChI is InChI=1S/C16H16N4O/c1-2-12-8-17-5-4-13(12)14(3-1)20-11-19-9-15(20)16-10-18-6-7-21-16/h1-5,8-9,11,16,18H,6-7,10H2. The molecule has 1 aromatic carbocycles. The Labute approximate surface area is 122 Å². The van der Waals surface area contributed by atoms with E-state index in [4.69, 9.17) is 4.74 Å². The van der Waals surface area contributed by atoms with E-state index >= 15 is 0 Å². The number of benzene rings is 1. The first-order chi connectivity index (χ1) is 10.4. The van der Waals surface area contributed by atoms with Crippen molar-refractivity contribution >= 4 is 10.8 Å². The Kier molecular flexibility index (Phi) is 3.14. The topological polar surface area (TPSA) is 52.0 Å². The fourth-order valence-electron chi connectivity index (χ4n) is 2.82. The van der Waals surface area contributed by atoms with Crippen molar-refractivity contribution in [3.05, 3.63) is 54.9 Å². The van der Waals surface area contributed by atoms with Crippen LogP contribution in [0.25, 0.3) is 16.5 Å². The molecule has 5 heteroatoms. The number of rotatable bonds is 2. The fourth-order valence-corrected chi connectivity index (χ4v) is 2.82. The van der Waals surface area contributed by atoms with Crippen LogP contribution in [0.4, 0.5) is 0 Å². The van der Waals surface area contributed by atoms with Crippen molar-refractivity contribution in [1.82, 2.24) is 19.9 Å². The van der Waals surface area contributed by atoms with Crippen LogP contribution in [0.5, 0.6) is 0 Å². The van der Waals surface area contributed by atoms with Crippen molar-refractivity contribution in [2.45, 2.75) is 6.10 Å². The second-order valence-corrected chi connectivity index (χ2v) is 5.13. The summed E-state index contributed by atoms with van der Waals surface area (Å²) in [6.45, 7) is 2.46. The van der Waals surface area contributed by atoms with Crippen LogP contribution >= 0.6 is 0 Å². The first-order valence-electron chi connectivity index (χ1n) is 7.11. The maximum Gasteiger partial charge on any atom is 0.112 e. The summed E-state index contributed by atoms with van der Waals surface area (Å²) in [7, 11) is 0. The number of nitrogens with zero attached hydrogens (tertiary/aromatic N) is 3. The largest absolute Gasteiger partial charge is 0.369 e. The summed E-state index contributed by atoms with van der Waals surface area (Å²) in [5, 5.41) is 5.65. The minimum Gasteiger partial charge on any atom is -0.369 e. The average molecular weight is 280 g/mol. The van der Waals surface area contributed by atoms with Gasteiger partial charge in [-0.15, -0.1) is 0 Å². The zero-order valence-corrected chi connectivity index (χ0v) is 11.6. The first-order valence-corrected chi connectivity index (χ1v) is 7.11. The summed E-state index contributed by atoms with van der Waals surface area (Å²) in [4.78, 5) is 8.51. The molecule has 0 spiro atoms. The van der Waals surface area contributed by atoms with Gasteiger partial charge in [0.2, 0.25) is 0 Å². The molecule has 1 saturated heterocycles. The molecule has 1 N–H and O–H groups in total. The lowest BCUT2D eigenvalue weighted by atomic mass is 10.1. The molecular formula is C16H16N4O. The van der Waals surface area contributed by atoms with Crippen molar-refractivity contribution < 1.29 is 4.74 Å². The number of imidazole rings is 1. The summed E-state index contributed by atoms with van der Waals surface area (Å²) in [5.74, 6) is 0. The third-order valence-electron chi connectivity index (χ3n) is 3.84. The van der Waals surface area contributed by atoms with E-state index in [0.717, 1.165) is 41.9 Å². The van der Waals surface area contributed by atoms with Gasteiger partial charge in [-0.2, -0.15) is 0 Å². The molecule has 0 saturated carbocycles. The van der Waals surface area contributed by atoms with E-state index in [-0.39, 0.29) is 6.10 Å². The Hall–Kier alpha value is -2.24. The molecule has 5 nitrogen and oxygen atoms in total. The maximum atomic E-state index is 5.86. The summed E-state index contributed by atoms with van der Waals surface area (Å²) < 4.78 is 7.97. The summed E-state index contributed by atoms with van der Waals surface area (Å²) in [6.07, 6.45) is 7.48. The summed E-state index contributed by atoms with van der Waals surface area (Å²) in [5.41, 5.74) is 2.18. The van der Waals surface area contributed by atoms with Crippen molar-refractivity contribution in [3.8, 4) is 5.69 Å². The average Bonchev–Trinajstić information content (AvgIpc) is 3.04. The number of pyridine rings is 1. The Morgan fingerprint density at radius 3 is 3.10 bits per heavy atom. The lowest BCUT2D eigenvalue weighted by Gasteiger charge is -2.24. The van der Waals surface area contributed by atoms with Crippen LogP contribution < -0.4 is 5.32 Å². The molecular weight excluding hydrogens is 264 g/mol. The third kappa shape index (κ3) is 2.20. The Morgan fingerprint density at radius 2 is 2.19 bits per heavy atom. The van der Waals surface area contributed by atoms with E-state index in [2.05, 4.69) is 32.0 Å². The van der Waals surface area contributed by atoms with E-state index in [9.17, 15) is 0 Å². The van der Waals surface area contributed by atoms with Gasteiger partial charge < -0.3 is 10.1 Å². The molecule has 1 aliphatic heterocycles. The van der Waals surface area contributed by atoms with E-state index in [1.165, 1.54) is 0 Å². The molecule has 0 aliphatic carbocycles. The highest BCUT2D eigenvalue weighted by Crippen LogP contribution is 2.26. The maximum absolute atomic E-state index is 5.86. The number of nitrogens with one attached hydrogen (secondary N) is 1. The van der Waals surface area contributed by atoms with Gasteiger partial charge in [0, 0.05) is 36.3 Å². The van der Waals surface area contributed by atoms with Crippen LogP contribution in [0.2, 0.25) is 0 Å². The minimum absolute atomic E-state index is 0.0401. The Balaban J connectivity index is 1.84. The van der Waals surface area contributed by atoms with Crippen LogP contribution in [-0.2, 0) is 4.74 Å². The van der Waals surface area contributed by atoms with Gasteiger partial charge in [0.25, 0.3) is 0 Å². The molecule has 0 bridgehead atoms. The lowest BCUT2D eigenvalue weighted by molar-refractivity contribution is 0.0240. The molecule has 2 aromatic heterocycles. The molecule has 3 heterocycles. The Morgan fingerprint density at radius 1 is 1.19 bits per heavy atom. The molecule has 1 atom stereocenters. The predicted molar refractivity (Wildman–Crippen MR) is 80.4 cm³/mol. The monoisotopic (exact) mass is 280 g/mol. The minimum atomic E-state index is 0.0401. The normalized spacial score (nSPS) is 19.0. The summed E-state index contributed by atoms with van der Waals surface area (Å²) in [6, 6.07) is 8.25. The van der Waals surface area contributed by atoms with Crippen LogP contribution in [0.1, 0.15) is 11.8 Å². The smallest absolute Gasteiger partial charge is 0.112 e. The van der Waals surface area contributed by atoms with Gasteiger partial charge in [-0.05, 0) is 12.1 Å². The predicted octanol–water partition coefficient (Wildman–Crippen LogP) is 2.08.